The highest BCUT2D eigenvalue weighted by molar-refractivity contribution is 5.14. The van der Waals surface area contributed by atoms with E-state index in [9.17, 15) is 0 Å². The smallest absolute Gasteiger partial charge is 0.148 e. The lowest BCUT2D eigenvalue weighted by Gasteiger charge is -2.01. The van der Waals surface area contributed by atoms with Gasteiger partial charge in [-0.3, -0.25) is 4.98 Å². The van der Waals surface area contributed by atoms with Gasteiger partial charge in [0, 0.05) is 6.20 Å². The van der Waals surface area contributed by atoms with Crippen molar-refractivity contribution < 1.29 is 9.15 Å². The Morgan fingerprint density at radius 1 is 1.38 bits per heavy atom. The van der Waals surface area contributed by atoms with E-state index in [1.807, 2.05) is 12.1 Å². The summed E-state index contributed by atoms with van der Waals surface area (Å²) in [6.07, 6.45) is 5.99. The number of hydrogen-bond acceptors (Lipinski definition) is 3. The molecule has 65 valence electrons. The first-order chi connectivity index (χ1) is 6.45. The quantitative estimate of drug-likeness (QED) is 0.714. The molecular weight excluding hydrogens is 166 g/mol. The van der Waals surface area contributed by atoms with Crippen LogP contribution >= 0.6 is 0 Å². The third kappa shape index (κ3) is 2.08. The van der Waals surface area contributed by atoms with Gasteiger partial charge in [0.05, 0.1) is 6.26 Å². The van der Waals surface area contributed by atoms with E-state index >= 15 is 0 Å². The molecule has 0 bridgehead atoms. The van der Waals surface area contributed by atoms with Gasteiger partial charge in [0.25, 0.3) is 0 Å². The lowest BCUT2D eigenvalue weighted by molar-refractivity contribution is 0.269. The predicted molar refractivity (Wildman–Crippen MR) is 46.1 cm³/mol. The van der Waals surface area contributed by atoms with Gasteiger partial charge in [-0.1, -0.05) is 0 Å². The molecule has 0 aliphatic rings. The molecule has 3 nitrogen and oxygen atoms in total. The summed E-state index contributed by atoms with van der Waals surface area (Å²) in [6.45, 7) is 0.412. The van der Waals surface area contributed by atoms with Crippen molar-refractivity contribution >= 4 is 0 Å². The van der Waals surface area contributed by atoms with Gasteiger partial charge < -0.3 is 9.15 Å². The number of nitrogens with zero attached hydrogens (tertiary/aromatic N) is 1. The van der Waals surface area contributed by atoms with Gasteiger partial charge in [-0.15, -0.1) is 0 Å². The number of aromatic nitrogens is 1. The summed E-state index contributed by atoms with van der Waals surface area (Å²) in [5.41, 5.74) is 0. The largest absolute Gasteiger partial charge is 0.483 e. The van der Waals surface area contributed by atoms with Crippen LogP contribution in [0.1, 0.15) is 5.76 Å². The number of hydrogen-bond donors (Lipinski definition) is 0. The number of ether oxygens (including phenoxy) is 1. The first-order valence-corrected chi connectivity index (χ1v) is 3.93. The second kappa shape index (κ2) is 3.76. The molecule has 2 rings (SSSR count). The molecule has 2 aromatic heterocycles. The van der Waals surface area contributed by atoms with Crippen LogP contribution in [0.15, 0.2) is 41.1 Å². The Labute approximate surface area is 76.0 Å². The maximum Gasteiger partial charge on any atom is 0.148 e. The summed E-state index contributed by atoms with van der Waals surface area (Å²) in [7, 11) is 0. The van der Waals surface area contributed by atoms with Crippen LogP contribution in [-0.4, -0.2) is 4.98 Å². The lowest BCUT2D eigenvalue weighted by Crippen LogP contribution is -1.93. The molecule has 0 saturated heterocycles. The molecule has 0 aliphatic heterocycles. The molecule has 0 amide bonds. The number of rotatable bonds is 3. The highest BCUT2D eigenvalue weighted by Gasteiger charge is 1.96. The van der Waals surface area contributed by atoms with Gasteiger partial charge >= 0.3 is 0 Å². The summed E-state index contributed by atoms with van der Waals surface area (Å²) >= 11 is 0. The molecule has 0 fully saturated rings. The summed E-state index contributed by atoms with van der Waals surface area (Å²) in [5, 5.41) is 0. The van der Waals surface area contributed by atoms with E-state index in [0.717, 1.165) is 5.76 Å². The maximum absolute atomic E-state index is 5.34. The van der Waals surface area contributed by atoms with Gasteiger partial charge in [-0.2, -0.15) is 0 Å². The van der Waals surface area contributed by atoms with E-state index in [1.54, 1.807) is 24.6 Å². The summed E-state index contributed by atoms with van der Waals surface area (Å²) in [4.78, 5) is 3.80. The van der Waals surface area contributed by atoms with E-state index in [4.69, 9.17) is 9.15 Å². The zero-order valence-electron chi connectivity index (χ0n) is 6.93. The SMILES string of the molecule is [c]1ncccc1OCc1ccco1. The van der Waals surface area contributed by atoms with Crippen molar-refractivity contribution in [2.45, 2.75) is 6.61 Å². The minimum atomic E-state index is 0.412. The monoisotopic (exact) mass is 174 g/mol. The zero-order chi connectivity index (χ0) is 8.93. The van der Waals surface area contributed by atoms with Gasteiger partial charge in [0.1, 0.15) is 24.3 Å². The van der Waals surface area contributed by atoms with Crippen LogP contribution < -0.4 is 4.74 Å². The molecular formula is C10H8NO2. The average molecular weight is 174 g/mol. The first kappa shape index (κ1) is 7.86. The molecule has 3 heteroatoms. The Bertz CT molecular complexity index is 342. The van der Waals surface area contributed by atoms with Crippen LogP contribution in [-0.2, 0) is 6.61 Å². The normalized spacial score (nSPS) is 9.85. The minimum absolute atomic E-state index is 0.412. The van der Waals surface area contributed by atoms with Crippen molar-refractivity contribution in [2.24, 2.45) is 0 Å². The van der Waals surface area contributed by atoms with Crippen molar-refractivity contribution in [2.75, 3.05) is 0 Å². The van der Waals surface area contributed by atoms with Crippen molar-refractivity contribution in [1.29, 1.82) is 0 Å². The second-order valence-electron chi connectivity index (χ2n) is 2.48. The fourth-order valence-electron chi connectivity index (χ4n) is 0.936. The molecule has 0 unspecified atom stereocenters. The molecule has 0 aromatic carbocycles. The standard InChI is InChI=1S/C10H8NO2/c1-3-9(7-11-5-1)13-8-10-4-2-6-12-10/h1-6H,8H2. The van der Waals surface area contributed by atoms with Gasteiger partial charge in [0.2, 0.25) is 0 Å². The van der Waals surface area contributed by atoms with Gasteiger partial charge in [-0.25, -0.2) is 0 Å². The Hall–Kier alpha value is -1.77. The molecule has 0 aliphatic carbocycles. The molecule has 1 radical (unpaired) electrons. The summed E-state index contributed by atoms with van der Waals surface area (Å²) < 4.78 is 10.4. The Kier molecular flexibility index (Phi) is 2.27. The lowest BCUT2D eigenvalue weighted by atomic mass is 10.4. The molecule has 2 aromatic rings. The minimum Gasteiger partial charge on any atom is -0.483 e. The van der Waals surface area contributed by atoms with Crippen molar-refractivity contribution in [3.8, 4) is 5.75 Å². The molecule has 0 N–H and O–H groups in total. The summed E-state index contributed by atoms with van der Waals surface area (Å²) in [5.74, 6) is 1.41. The van der Waals surface area contributed by atoms with Crippen molar-refractivity contribution in [3.63, 3.8) is 0 Å². The third-order valence-corrected chi connectivity index (χ3v) is 1.53. The molecule has 2 heterocycles. The molecule has 0 saturated carbocycles. The van der Waals surface area contributed by atoms with Gasteiger partial charge in [-0.05, 0) is 24.3 Å². The maximum atomic E-state index is 5.34. The van der Waals surface area contributed by atoms with Crippen LogP contribution in [0.25, 0.3) is 0 Å². The zero-order valence-corrected chi connectivity index (χ0v) is 6.93. The second-order valence-corrected chi connectivity index (χ2v) is 2.48. The van der Waals surface area contributed by atoms with Crippen LogP contribution in [0.3, 0.4) is 0 Å². The van der Waals surface area contributed by atoms with E-state index in [0.29, 0.717) is 12.4 Å². The number of pyridine rings is 1. The van der Waals surface area contributed by atoms with E-state index < -0.39 is 0 Å². The van der Waals surface area contributed by atoms with E-state index in [2.05, 4.69) is 11.2 Å². The van der Waals surface area contributed by atoms with E-state index in [1.165, 1.54) is 0 Å². The predicted octanol–water partition coefficient (Wildman–Crippen LogP) is 2.05. The van der Waals surface area contributed by atoms with Crippen LogP contribution in [0.5, 0.6) is 5.75 Å². The highest BCUT2D eigenvalue weighted by atomic mass is 16.5. The fraction of sp³-hybridized carbons (Fsp3) is 0.100. The Morgan fingerprint density at radius 3 is 3.08 bits per heavy atom. The first-order valence-electron chi connectivity index (χ1n) is 3.93. The van der Waals surface area contributed by atoms with Crippen LogP contribution in [0.2, 0.25) is 0 Å². The number of furan rings is 1. The molecule has 0 atom stereocenters. The Morgan fingerprint density at radius 2 is 2.38 bits per heavy atom. The highest BCUT2D eigenvalue weighted by Crippen LogP contribution is 2.09. The van der Waals surface area contributed by atoms with Crippen LogP contribution in [0.4, 0.5) is 0 Å². The van der Waals surface area contributed by atoms with Crippen molar-refractivity contribution in [1.82, 2.24) is 4.98 Å². The molecule has 0 spiro atoms. The van der Waals surface area contributed by atoms with Crippen molar-refractivity contribution in [3.05, 3.63) is 48.7 Å². The molecule has 13 heavy (non-hydrogen) atoms. The van der Waals surface area contributed by atoms with Crippen LogP contribution in [0, 0.1) is 6.20 Å². The third-order valence-electron chi connectivity index (χ3n) is 1.53. The van der Waals surface area contributed by atoms with E-state index in [-0.39, 0.29) is 0 Å². The average Bonchev–Trinajstić information content (AvgIpc) is 2.69. The topological polar surface area (TPSA) is 35.3 Å². The fourth-order valence-corrected chi connectivity index (χ4v) is 0.936. The van der Waals surface area contributed by atoms with Gasteiger partial charge in [0.15, 0.2) is 0 Å². The Balaban J connectivity index is 1.94. The summed E-state index contributed by atoms with van der Waals surface area (Å²) in [6, 6.07) is 7.28.